The largest absolute Gasteiger partial charge is 0.311 e. The second-order valence-electron chi connectivity index (χ2n) is 2.61. The number of nitro benzene ring substituents is 1. The number of benzene rings is 1. The molecule has 86 valence electrons. The fourth-order valence-corrected chi connectivity index (χ4v) is 1.75. The molecule has 0 aromatic heterocycles. The van der Waals surface area contributed by atoms with Gasteiger partial charge in [-0.15, -0.1) is 0 Å². The molecular weight excluding hydrogens is 242 g/mol. The fraction of sp³-hybridized carbons (Fsp3) is 0. The van der Waals surface area contributed by atoms with Gasteiger partial charge in [0, 0.05) is 12.1 Å². The second kappa shape index (κ2) is 4.10. The van der Waals surface area contributed by atoms with E-state index < -0.39 is 30.6 Å². The molecule has 0 saturated carbocycles. The van der Waals surface area contributed by atoms with Gasteiger partial charge in [-0.2, -0.15) is 8.42 Å². The summed E-state index contributed by atoms with van der Waals surface area (Å²) in [6, 6.07) is 3.93. The quantitative estimate of drug-likeness (QED) is 0.591. The Morgan fingerprint density at radius 1 is 1.19 bits per heavy atom. The topological polar surface area (TPSA) is 132 Å². The Morgan fingerprint density at radius 3 is 2.31 bits per heavy atom. The van der Waals surface area contributed by atoms with E-state index in [0.717, 1.165) is 29.1 Å². The van der Waals surface area contributed by atoms with Gasteiger partial charge in [0.05, 0.1) is 9.82 Å². The lowest BCUT2D eigenvalue weighted by Crippen LogP contribution is -2.29. The molecule has 9 nitrogen and oxygen atoms in total. The normalized spacial score (nSPS) is 10.8. The van der Waals surface area contributed by atoms with Crippen molar-refractivity contribution in [3.8, 4) is 0 Å². The number of hydrogen-bond donors (Lipinski definition) is 1. The van der Waals surface area contributed by atoms with Gasteiger partial charge < -0.3 is 0 Å². The van der Waals surface area contributed by atoms with Gasteiger partial charge in [-0.25, -0.2) is 10.1 Å². The number of hydrogen-bond acceptors (Lipinski definition) is 6. The smallest absolute Gasteiger partial charge is 0.258 e. The van der Waals surface area contributed by atoms with Crippen LogP contribution in [0.4, 0.5) is 5.69 Å². The summed E-state index contributed by atoms with van der Waals surface area (Å²) in [6.07, 6.45) is 0. The van der Waals surface area contributed by atoms with Gasteiger partial charge in [0.2, 0.25) is 0 Å². The Balaban J connectivity index is 3.19. The van der Waals surface area contributed by atoms with Gasteiger partial charge in [-0.1, -0.05) is 6.07 Å². The van der Waals surface area contributed by atoms with Crippen LogP contribution in [0.15, 0.2) is 29.2 Å². The Kier molecular flexibility index (Phi) is 3.04. The van der Waals surface area contributed by atoms with Crippen LogP contribution in [0, 0.1) is 20.2 Å². The lowest BCUT2D eigenvalue weighted by molar-refractivity contribution is -0.518. The highest BCUT2D eigenvalue weighted by Gasteiger charge is 2.21. The molecule has 0 heterocycles. The maximum atomic E-state index is 11.2. The van der Waals surface area contributed by atoms with E-state index in [1.165, 1.54) is 0 Å². The first kappa shape index (κ1) is 11.8. The van der Waals surface area contributed by atoms with Crippen LogP contribution < -0.4 is 4.83 Å². The zero-order valence-electron chi connectivity index (χ0n) is 7.56. The summed E-state index contributed by atoms with van der Waals surface area (Å²) in [5, 5.41) is 19.1. The minimum atomic E-state index is -4.37. The molecule has 0 aliphatic rings. The Labute approximate surface area is 89.0 Å². The minimum absolute atomic E-state index is 0.466. The average Bonchev–Trinajstić information content (AvgIpc) is 2.16. The summed E-state index contributed by atoms with van der Waals surface area (Å²) in [5.41, 5.74) is -0.466. The molecule has 0 spiro atoms. The molecular formula is C6H5N3O6S. The van der Waals surface area contributed by atoms with Crippen LogP contribution >= 0.6 is 0 Å². The molecule has 0 amide bonds. The zero-order valence-corrected chi connectivity index (χ0v) is 8.38. The lowest BCUT2D eigenvalue weighted by Gasteiger charge is -1.99. The standard InChI is InChI=1S/C6H5N3O6S/c10-8(11)5-2-1-3-6(4-5)16(14,15)7-9(12)13/h1-4,7H. The van der Waals surface area contributed by atoms with E-state index in [4.69, 9.17) is 0 Å². The summed E-state index contributed by atoms with van der Waals surface area (Å²) in [4.78, 5) is 20.1. The molecule has 1 N–H and O–H groups in total. The molecule has 0 fully saturated rings. The van der Waals surface area contributed by atoms with Crippen molar-refractivity contribution < 1.29 is 18.4 Å². The second-order valence-corrected chi connectivity index (χ2v) is 4.27. The van der Waals surface area contributed by atoms with E-state index >= 15 is 0 Å². The third kappa shape index (κ3) is 2.63. The summed E-state index contributed by atoms with van der Waals surface area (Å²) in [6.45, 7) is 0. The van der Waals surface area contributed by atoms with Crippen LogP contribution in [0.5, 0.6) is 0 Å². The van der Waals surface area contributed by atoms with E-state index in [1.54, 1.807) is 0 Å². The predicted molar refractivity (Wildman–Crippen MR) is 50.4 cm³/mol. The predicted octanol–water partition coefficient (Wildman–Crippen LogP) is 0.0648. The Morgan fingerprint density at radius 2 is 1.81 bits per heavy atom. The molecule has 1 rings (SSSR count). The van der Waals surface area contributed by atoms with E-state index in [2.05, 4.69) is 0 Å². The van der Waals surface area contributed by atoms with E-state index in [9.17, 15) is 28.6 Å². The van der Waals surface area contributed by atoms with Gasteiger partial charge in [0.25, 0.3) is 5.69 Å². The lowest BCUT2D eigenvalue weighted by atomic mass is 10.3. The monoisotopic (exact) mass is 247 g/mol. The molecule has 0 atom stereocenters. The van der Waals surface area contributed by atoms with Crippen molar-refractivity contribution in [3.63, 3.8) is 0 Å². The minimum Gasteiger partial charge on any atom is -0.258 e. The molecule has 0 aliphatic heterocycles. The van der Waals surface area contributed by atoms with E-state index in [-0.39, 0.29) is 0 Å². The summed E-state index contributed by atoms with van der Waals surface area (Å²) < 4.78 is 22.5. The van der Waals surface area contributed by atoms with Gasteiger partial charge in [-0.05, 0) is 10.9 Å². The van der Waals surface area contributed by atoms with Crippen molar-refractivity contribution in [3.05, 3.63) is 44.5 Å². The van der Waals surface area contributed by atoms with Gasteiger partial charge in [0.15, 0.2) is 5.03 Å². The number of sulfonamides is 1. The Hall–Kier alpha value is -2.23. The maximum absolute atomic E-state index is 11.2. The molecule has 0 saturated heterocycles. The number of nitrogens with zero attached hydrogens (tertiary/aromatic N) is 2. The third-order valence-corrected chi connectivity index (χ3v) is 2.80. The number of nitrogens with one attached hydrogen (secondary N) is 1. The van der Waals surface area contributed by atoms with Crippen LogP contribution in [0.2, 0.25) is 0 Å². The highest BCUT2D eigenvalue weighted by atomic mass is 32.2. The summed E-state index contributed by atoms with van der Waals surface area (Å²) in [7, 11) is -4.37. The number of rotatable bonds is 4. The third-order valence-electron chi connectivity index (χ3n) is 1.53. The average molecular weight is 247 g/mol. The highest BCUT2D eigenvalue weighted by molar-refractivity contribution is 7.89. The van der Waals surface area contributed by atoms with Crippen molar-refractivity contribution in [2.75, 3.05) is 0 Å². The molecule has 16 heavy (non-hydrogen) atoms. The molecule has 10 heteroatoms. The maximum Gasteiger partial charge on any atom is 0.311 e. The van der Waals surface area contributed by atoms with Crippen molar-refractivity contribution >= 4 is 15.7 Å². The van der Waals surface area contributed by atoms with Crippen LogP contribution in [-0.4, -0.2) is 18.4 Å². The van der Waals surface area contributed by atoms with Crippen LogP contribution in [0.1, 0.15) is 0 Å². The number of hydrazine groups is 1. The molecule has 0 bridgehead atoms. The molecule has 0 unspecified atom stereocenters. The van der Waals surface area contributed by atoms with Crippen molar-refractivity contribution in [1.29, 1.82) is 0 Å². The van der Waals surface area contributed by atoms with Gasteiger partial charge in [0.1, 0.15) is 0 Å². The SMILES string of the molecule is O=[N+]([O-])NS(=O)(=O)c1cccc([N+](=O)[O-])c1. The number of non-ortho nitro benzene ring substituents is 1. The van der Waals surface area contributed by atoms with Gasteiger partial charge >= 0.3 is 10.0 Å². The van der Waals surface area contributed by atoms with Crippen LogP contribution in [-0.2, 0) is 10.0 Å². The molecule has 0 aliphatic carbocycles. The van der Waals surface area contributed by atoms with Crippen molar-refractivity contribution in [2.24, 2.45) is 0 Å². The number of nitro groups is 2. The van der Waals surface area contributed by atoms with E-state index in [0.29, 0.717) is 0 Å². The van der Waals surface area contributed by atoms with Crippen molar-refractivity contribution in [1.82, 2.24) is 4.83 Å². The Bertz CT molecular complexity index is 539. The van der Waals surface area contributed by atoms with Gasteiger partial charge in [-0.3, -0.25) is 10.1 Å². The molecule has 1 aromatic rings. The van der Waals surface area contributed by atoms with Crippen LogP contribution in [0.3, 0.4) is 0 Å². The van der Waals surface area contributed by atoms with E-state index in [1.807, 2.05) is 0 Å². The molecule has 0 radical (unpaired) electrons. The van der Waals surface area contributed by atoms with Crippen LogP contribution in [0.25, 0.3) is 0 Å². The first-order chi connectivity index (χ1) is 7.33. The zero-order chi connectivity index (χ0) is 12.3. The molecule has 1 aromatic carbocycles. The fourth-order valence-electron chi connectivity index (χ4n) is 0.915. The highest BCUT2D eigenvalue weighted by Crippen LogP contribution is 2.16. The first-order valence-electron chi connectivity index (χ1n) is 3.74. The summed E-state index contributed by atoms with van der Waals surface area (Å²) >= 11 is 0. The summed E-state index contributed by atoms with van der Waals surface area (Å²) in [5.74, 6) is 0. The first-order valence-corrected chi connectivity index (χ1v) is 5.22. The van der Waals surface area contributed by atoms with Crippen molar-refractivity contribution in [2.45, 2.75) is 4.90 Å².